The number of nitrogens with one attached hydrogen (secondary N) is 2. The van der Waals surface area contributed by atoms with Gasteiger partial charge < -0.3 is 19.8 Å². The third-order valence-corrected chi connectivity index (χ3v) is 7.30. The Balaban J connectivity index is 1.30. The van der Waals surface area contributed by atoms with Gasteiger partial charge in [-0.2, -0.15) is 0 Å². The fourth-order valence-corrected chi connectivity index (χ4v) is 5.40. The summed E-state index contributed by atoms with van der Waals surface area (Å²) in [6.07, 6.45) is 5.74. The number of rotatable bonds is 3. The Morgan fingerprint density at radius 1 is 1.12 bits per heavy atom. The first-order valence-corrected chi connectivity index (χ1v) is 11.8. The second-order valence-corrected chi connectivity index (χ2v) is 9.34. The second-order valence-electron chi connectivity index (χ2n) is 9.34. The Kier molecular flexibility index (Phi) is 4.79. The molecule has 1 aromatic carbocycles. The number of anilines is 1. The molecule has 0 unspecified atom stereocenters. The van der Waals surface area contributed by atoms with Gasteiger partial charge >= 0.3 is 5.69 Å². The van der Waals surface area contributed by atoms with Crippen LogP contribution in [0.1, 0.15) is 42.6 Å². The van der Waals surface area contributed by atoms with Crippen molar-refractivity contribution in [3.8, 4) is 0 Å². The van der Waals surface area contributed by atoms with Gasteiger partial charge in [-0.15, -0.1) is 0 Å². The third kappa shape index (κ3) is 3.22. The van der Waals surface area contributed by atoms with E-state index >= 15 is 0 Å². The van der Waals surface area contributed by atoms with Crippen molar-refractivity contribution < 1.29 is 9.59 Å². The van der Waals surface area contributed by atoms with E-state index in [0.717, 1.165) is 41.6 Å². The van der Waals surface area contributed by atoms with Crippen LogP contribution in [-0.2, 0) is 4.79 Å². The topological polar surface area (TPSA) is 107 Å². The van der Waals surface area contributed by atoms with E-state index in [1.54, 1.807) is 27.8 Å². The van der Waals surface area contributed by atoms with Gasteiger partial charge in [-0.1, -0.05) is 6.92 Å². The zero-order valence-corrected chi connectivity index (χ0v) is 19.0. The minimum atomic E-state index is -0.184. The van der Waals surface area contributed by atoms with E-state index in [2.05, 4.69) is 21.9 Å². The molecule has 5 heterocycles. The lowest BCUT2D eigenvalue weighted by Gasteiger charge is -2.37. The minimum Gasteiger partial charge on any atom is -0.346 e. The lowest BCUT2D eigenvalue weighted by molar-refractivity contribution is -0.117. The summed E-state index contributed by atoms with van der Waals surface area (Å²) in [5, 5.41) is 0.888. The van der Waals surface area contributed by atoms with E-state index in [0.29, 0.717) is 30.6 Å². The number of nitrogens with zero attached hydrogens (tertiary/aromatic N) is 4. The van der Waals surface area contributed by atoms with Gasteiger partial charge in [0.05, 0.1) is 23.3 Å². The van der Waals surface area contributed by atoms with E-state index in [4.69, 9.17) is 0 Å². The number of H-pyrrole nitrogens is 2. The van der Waals surface area contributed by atoms with Crippen LogP contribution in [0.5, 0.6) is 0 Å². The number of imidazole rings is 1. The molecule has 0 spiro atoms. The van der Waals surface area contributed by atoms with E-state index in [1.807, 2.05) is 29.3 Å². The van der Waals surface area contributed by atoms with Crippen LogP contribution >= 0.6 is 0 Å². The highest BCUT2D eigenvalue weighted by molar-refractivity contribution is 6.01. The lowest BCUT2D eigenvalue weighted by Crippen LogP contribution is -2.45. The molecule has 2 fully saturated rings. The number of amides is 2. The first-order chi connectivity index (χ1) is 16.5. The minimum absolute atomic E-state index is 0.0578. The van der Waals surface area contributed by atoms with E-state index in [1.165, 1.54) is 0 Å². The number of benzene rings is 1. The standard InChI is InChI=1S/C25H26N6O3/c1-15-9-12-29(24(33)16-4-6-17(7-5-16)30-11-2-3-21(30)32)14-20(15)31-22-18-8-10-26-23(18)27-13-19(22)28-25(31)34/h4-8,10,13,15,20H,2-3,9,11-12,14H2,1H3,(H,26,27)(H,28,34)/t15-,20+/m1/s1. The van der Waals surface area contributed by atoms with Crippen LogP contribution in [0.3, 0.4) is 0 Å². The van der Waals surface area contributed by atoms with E-state index in [-0.39, 0.29) is 29.5 Å². The fraction of sp³-hybridized carbons (Fsp3) is 0.360. The molecule has 2 N–H and O–H groups in total. The molecule has 2 amide bonds. The molecule has 2 saturated heterocycles. The van der Waals surface area contributed by atoms with Crippen molar-refractivity contribution in [3.63, 3.8) is 0 Å². The SMILES string of the molecule is C[C@@H]1CCN(C(=O)c2ccc(N3CCCC3=O)cc2)C[C@@H]1n1c(=O)[nH]c2cnc3[nH]ccc3c21. The number of pyridine rings is 1. The van der Waals surface area contributed by atoms with Crippen molar-refractivity contribution in [1.29, 1.82) is 0 Å². The quantitative estimate of drug-likeness (QED) is 0.492. The maximum absolute atomic E-state index is 13.4. The summed E-state index contributed by atoms with van der Waals surface area (Å²) < 4.78 is 1.80. The van der Waals surface area contributed by atoms with Crippen molar-refractivity contribution in [2.45, 2.75) is 32.2 Å². The molecule has 0 bridgehead atoms. The maximum Gasteiger partial charge on any atom is 0.326 e. The predicted molar refractivity (Wildman–Crippen MR) is 129 cm³/mol. The number of likely N-dealkylation sites (tertiary alicyclic amines) is 1. The van der Waals surface area contributed by atoms with Crippen LogP contribution in [0.25, 0.3) is 22.1 Å². The van der Waals surface area contributed by atoms with Crippen LogP contribution in [0.4, 0.5) is 5.69 Å². The van der Waals surface area contributed by atoms with E-state index in [9.17, 15) is 14.4 Å². The summed E-state index contributed by atoms with van der Waals surface area (Å²) in [5.74, 6) is 0.298. The van der Waals surface area contributed by atoms with Crippen LogP contribution in [0.2, 0.25) is 0 Å². The summed E-state index contributed by atoms with van der Waals surface area (Å²) in [6, 6.07) is 9.06. The Bertz CT molecular complexity index is 1460. The monoisotopic (exact) mass is 458 g/mol. The van der Waals surface area contributed by atoms with Gasteiger partial charge in [0, 0.05) is 48.9 Å². The fourth-order valence-electron chi connectivity index (χ4n) is 5.40. The molecule has 2 aliphatic rings. The van der Waals surface area contributed by atoms with Gasteiger partial charge in [0.15, 0.2) is 0 Å². The summed E-state index contributed by atoms with van der Waals surface area (Å²) in [4.78, 5) is 52.4. The van der Waals surface area contributed by atoms with Gasteiger partial charge in [0.2, 0.25) is 5.91 Å². The zero-order valence-electron chi connectivity index (χ0n) is 19.0. The molecule has 0 aliphatic carbocycles. The zero-order chi connectivity index (χ0) is 23.4. The van der Waals surface area contributed by atoms with Crippen LogP contribution in [-0.4, -0.2) is 55.9 Å². The van der Waals surface area contributed by atoms with Crippen molar-refractivity contribution >= 4 is 39.6 Å². The highest BCUT2D eigenvalue weighted by Gasteiger charge is 2.33. The maximum atomic E-state index is 13.4. The molecule has 0 saturated carbocycles. The molecule has 34 heavy (non-hydrogen) atoms. The van der Waals surface area contributed by atoms with Gasteiger partial charge in [0.25, 0.3) is 5.91 Å². The Morgan fingerprint density at radius 3 is 2.71 bits per heavy atom. The molecule has 174 valence electrons. The van der Waals surface area contributed by atoms with E-state index < -0.39 is 0 Å². The number of carbonyl (C=O) groups excluding carboxylic acids is 2. The van der Waals surface area contributed by atoms with Crippen molar-refractivity contribution in [1.82, 2.24) is 24.4 Å². The number of carbonyl (C=O) groups is 2. The van der Waals surface area contributed by atoms with Crippen molar-refractivity contribution in [2.75, 3.05) is 24.5 Å². The van der Waals surface area contributed by atoms with Crippen LogP contribution < -0.4 is 10.6 Å². The van der Waals surface area contributed by atoms with Crippen molar-refractivity contribution in [2.24, 2.45) is 5.92 Å². The smallest absolute Gasteiger partial charge is 0.326 e. The normalized spacial score (nSPS) is 21.1. The van der Waals surface area contributed by atoms with Gasteiger partial charge in [-0.05, 0) is 49.1 Å². The van der Waals surface area contributed by atoms with Crippen molar-refractivity contribution in [3.05, 3.63) is 58.8 Å². The average Bonchev–Trinajstić information content (AvgIpc) is 3.57. The Labute approximate surface area is 195 Å². The second kappa shape index (κ2) is 7.86. The molecule has 2 atom stereocenters. The van der Waals surface area contributed by atoms with Crippen LogP contribution in [0.15, 0.2) is 47.5 Å². The number of aromatic nitrogens is 4. The van der Waals surface area contributed by atoms with Gasteiger partial charge in [-0.3, -0.25) is 14.2 Å². The third-order valence-electron chi connectivity index (χ3n) is 7.30. The molecule has 6 rings (SSSR count). The Hall–Kier alpha value is -3.88. The first kappa shape index (κ1) is 20.7. The average molecular weight is 459 g/mol. The number of hydrogen-bond donors (Lipinski definition) is 2. The molecule has 2 aliphatic heterocycles. The highest BCUT2D eigenvalue weighted by Crippen LogP contribution is 2.32. The predicted octanol–water partition coefficient (Wildman–Crippen LogP) is 3.06. The lowest BCUT2D eigenvalue weighted by atomic mass is 9.92. The largest absolute Gasteiger partial charge is 0.346 e. The van der Waals surface area contributed by atoms with Gasteiger partial charge in [0.1, 0.15) is 5.65 Å². The first-order valence-electron chi connectivity index (χ1n) is 11.8. The van der Waals surface area contributed by atoms with Gasteiger partial charge in [-0.25, -0.2) is 9.78 Å². The molecular formula is C25H26N6O3. The summed E-state index contributed by atoms with van der Waals surface area (Å²) >= 11 is 0. The molecule has 9 nitrogen and oxygen atoms in total. The summed E-state index contributed by atoms with van der Waals surface area (Å²) in [5.41, 5.74) is 3.48. The molecule has 9 heteroatoms. The highest BCUT2D eigenvalue weighted by atomic mass is 16.2. The molecule has 0 radical (unpaired) electrons. The number of hydrogen-bond acceptors (Lipinski definition) is 4. The molecule has 3 aromatic heterocycles. The van der Waals surface area contributed by atoms with Crippen LogP contribution in [0, 0.1) is 5.92 Å². The Morgan fingerprint density at radius 2 is 1.94 bits per heavy atom. The molecule has 4 aromatic rings. The summed E-state index contributed by atoms with van der Waals surface area (Å²) in [7, 11) is 0. The number of aromatic amines is 2. The number of piperidine rings is 1. The number of fused-ring (bicyclic) bond motifs is 3. The summed E-state index contributed by atoms with van der Waals surface area (Å²) in [6.45, 7) is 3.95. The molecular weight excluding hydrogens is 432 g/mol.